The number of carbonyl (C=O) groups excluding carboxylic acids is 1. The molecular weight excluding hydrogens is 466 g/mol. The van der Waals surface area contributed by atoms with Crippen molar-refractivity contribution in [1.29, 1.82) is 0 Å². The molecule has 5 heteroatoms. The van der Waals surface area contributed by atoms with Crippen LogP contribution in [0.1, 0.15) is 37.0 Å². The fourth-order valence-corrected chi connectivity index (χ4v) is 3.32. The van der Waals surface area contributed by atoms with Gasteiger partial charge in [0.15, 0.2) is 0 Å². The van der Waals surface area contributed by atoms with Crippen molar-refractivity contribution in [2.24, 2.45) is 0 Å². The van der Waals surface area contributed by atoms with Gasteiger partial charge in [-0.15, -0.1) is 0 Å². The third-order valence-corrected chi connectivity index (χ3v) is 5.18. The summed E-state index contributed by atoms with van der Waals surface area (Å²) < 4.78 is 12.2. The van der Waals surface area contributed by atoms with Gasteiger partial charge in [-0.3, -0.25) is 0 Å². The number of ether oxygens (including phenoxy) is 2. The number of nitrogens with one attached hydrogen (secondary N) is 1. The molecule has 3 rings (SSSR count). The van der Waals surface area contributed by atoms with Crippen LogP contribution in [0.25, 0.3) is 0 Å². The Labute approximate surface area is 200 Å². The highest BCUT2D eigenvalue weighted by molar-refractivity contribution is 9.10. The number of hydrogen-bond acceptors (Lipinski definition) is 3. The first kappa shape index (κ1) is 25.6. The molecule has 32 heavy (non-hydrogen) atoms. The van der Waals surface area contributed by atoms with Crippen molar-refractivity contribution in [3.63, 3.8) is 0 Å². The van der Waals surface area contributed by atoms with Crippen LogP contribution in [-0.4, -0.2) is 18.7 Å². The first-order valence-electron chi connectivity index (χ1n) is 11.0. The molecule has 0 saturated carbocycles. The summed E-state index contributed by atoms with van der Waals surface area (Å²) in [6.07, 6.45) is 0.996. The summed E-state index contributed by atoms with van der Waals surface area (Å²) in [5.41, 5.74) is 3.25. The van der Waals surface area contributed by atoms with Crippen LogP contribution in [0.4, 0.5) is 4.79 Å². The highest BCUT2D eigenvalue weighted by Crippen LogP contribution is 2.13. The van der Waals surface area contributed by atoms with Gasteiger partial charge in [0, 0.05) is 17.1 Å². The second-order valence-electron chi connectivity index (χ2n) is 7.06. The van der Waals surface area contributed by atoms with Crippen molar-refractivity contribution in [2.45, 2.75) is 45.9 Å². The maximum absolute atomic E-state index is 12.3. The Balaban J connectivity index is 0.00000176. The Morgan fingerprint density at radius 1 is 0.812 bits per heavy atom. The smallest absolute Gasteiger partial charge is 0.407 e. The zero-order valence-corrected chi connectivity index (χ0v) is 20.4. The van der Waals surface area contributed by atoms with Gasteiger partial charge in [-0.1, -0.05) is 103 Å². The van der Waals surface area contributed by atoms with Crippen LogP contribution in [-0.2, 0) is 29.1 Å². The van der Waals surface area contributed by atoms with E-state index in [-0.39, 0.29) is 12.6 Å². The number of carbonyl (C=O) groups is 1. The van der Waals surface area contributed by atoms with Crippen LogP contribution in [0.5, 0.6) is 0 Å². The lowest BCUT2D eigenvalue weighted by atomic mass is 10.0. The molecule has 0 heterocycles. The minimum atomic E-state index is -0.413. The van der Waals surface area contributed by atoms with Crippen LogP contribution in [0.3, 0.4) is 0 Å². The highest BCUT2D eigenvalue weighted by Gasteiger charge is 2.14. The van der Waals surface area contributed by atoms with Gasteiger partial charge >= 0.3 is 6.09 Å². The largest absolute Gasteiger partial charge is 0.445 e. The van der Waals surface area contributed by atoms with Crippen molar-refractivity contribution >= 4 is 22.0 Å². The number of rotatable bonds is 10. The van der Waals surface area contributed by atoms with E-state index in [2.05, 4.69) is 33.4 Å². The molecule has 3 aromatic rings. The number of benzene rings is 3. The van der Waals surface area contributed by atoms with Crippen molar-refractivity contribution < 1.29 is 14.3 Å². The summed E-state index contributed by atoms with van der Waals surface area (Å²) in [7, 11) is 0. The summed E-state index contributed by atoms with van der Waals surface area (Å²) in [6.45, 7) is 5.36. The molecule has 1 amide bonds. The zero-order valence-electron chi connectivity index (χ0n) is 18.8. The van der Waals surface area contributed by atoms with Gasteiger partial charge in [-0.25, -0.2) is 4.79 Å². The van der Waals surface area contributed by atoms with Crippen LogP contribution in [0, 0.1) is 0 Å². The van der Waals surface area contributed by atoms with Gasteiger partial charge in [0.25, 0.3) is 0 Å². The average Bonchev–Trinajstić information content (AvgIpc) is 2.84. The normalized spacial score (nSPS) is 11.1. The molecule has 0 fully saturated rings. The van der Waals surface area contributed by atoms with Crippen LogP contribution >= 0.6 is 15.9 Å². The fraction of sp³-hybridized carbons (Fsp3) is 0.296. The Bertz CT molecular complexity index is 886. The summed E-state index contributed by atoms with van der Waals surface area (Å²) in [5.74, 6) is 0. The SMILES string of the molecule is CC.O=C(N[C@H](CCOCc1ccccc1)Cc1ccc(Br)cc1)OCc1ccccc1. The van der Waals surface area contributed by atoms with Gasteiger partial charge in [-0.2, -0.15) is 0 Å². The molecule has 1 atom stereocenters. The van der Waals surface area contributed by atoms with Crippen LogP contribution < -0.4 is 5.32 Å². The van der Waals surface area contributed by atoms with E-state index in [1.165, 1.54) is 0 Å². The molecule has 0 bridgehead atoms. The molecule has 0 spiro atoms. The number of halogens is 1. The first-order chi connectivity index (χ1) is 15.7. The van der Waals surface area contributed by atoms with Gasteiger partial charge in [0.1, 0.15) is 6.61 Å². The molecular formula is C27H32BrNO3. The third kappa shape index (κ3) is 10.1. The maximum atomic E-state index is 12.3. The molecule has 0 aromatic heterocycles. The lowest BCUT2D eigenvalue weighted by Gasteiger charge is -2.19. The molecule has 170 valence electrons. The summed E-state index contributed by atoms with van der Waals surface area (Å²) in [5, 5.41) is 3.00. The van der Waals surface area contributed by atoms with E-state index in [9.17, 15) is 4.79 Å². The van der Waals surface area contributed by atoms with E-state index in [0.29, 0.717) is 26.1 Å². The molecule has 0 saturated heterocycles. The minimum Gasteiger partial charge on any atom is -0.445 e. The van der Waals surface area contributed by atoms with E-state index in [1.54, 1.807) is 0 Å². The van der Waals surface area contributed by atoms with Crippen LogP contribution in [0.2, 0.25) is 0 Å². The number of amides is 1. The van der Waals surface area contributed by atoms with Gasteiger partial charge in [0.2, 0.25) is 0 Å². The Hall–Kier alpha value is -2.63. The monoisotopic (exact) mass is 497 g/mol. The quantitative estimate of drug-likeness (QED) is 0.309. The van der Waals surface area contributed by atoms with Crippen molar-refractivity contribution in [2.75, 3.05) is 6.61 Å². The molecule has 0 radical (unpaired) electrons. The predicted octanol–water partition coefficient (Wildman–Crippen LogP) is 6.92. The predicted molar refractivity (Wildman–Crippen MR) is 133 cm³/mol. The summed E-state index contributed by atoms with van der Waals surface area (Å²) >= 11 is 3.46. The van der Waals surface area contributed by atoms with E-state index in [4.69, 9.17) is 9.47 Å². The molecule has 3 aromatic carbocycles. The van der Waals surface area contributed by atoms with Crippen molar-refractivity contribution in [1.82, 2.24) is 5.32 Å². The first-order valence-corrected chi connectivity index (χ1v) is 11.8. The van der Waals surface area contributed by atoms with Crippen molar-refractivity contribution in [3.8, 4) is 0 Å². The Morgan fingerprint density at radius 3 is 1.97 bits per heavy atom. The lowest BCUT2D eigenvalue weighted by molar-refractivity contribution is 0.105. The zero-order chi connectivity index (χ0) is 23.0. The maximum Gasteiger partial charge on any atom is 0.407 e. The third-order valence-electron chi connectivity index (χ3n) is 4.65. The van der Waals surface area contributed by atoms with Crippen LogP contribution in [0.15, 0.2) is 89.4 Å². The highest BCUT2D eigenvalue weighted by atomic mass is 79.9. The van der Waals surface area contributed by atoms with E-state index >= 15 is 0 Å². The van der Waals surface area contributed by atoms with Gasteiger partial charge in [-0.05, 0) is 41.7 Å². The number of hydrogen-bond donors (Lipinski definition) is 1. The van der Waals surface area contributed by atoms with E-state index in [0.717, 1.165) is 21.2 Å². The van der Waals surface area contributed by atoms with E-state index < -0.39 is 6.09 Å². The standard InChI is InChI=1S/C25H26BrNO3.C2H6/c26-23-13-11-20(12-14-23)17-24(15-16-29-18-21-7-3-1-4-8-21)27-25(28)30-19-22-9-5-2-6-10-22;1-2/h1-14,24H,15-19H2,(H,27,28);1-2H3/t24-;/m1./s1. The number of alkyl carbamates (subject to hydrolysis) is 1. The van der Waals surface area contributed by atoms with Crippen molar-refractivity contribution in [3.05, 3.63) is 106 Å². The minimum absolute atomic E-state index is 0.0785. The topological polar surface area (TPSA) is 47.6 Å². The lowest BCUT2D eigenvalue weighted by Crippen LogP contribution is -2.37. The molecule has 0 aliphatic heterocycles. The van der Waals surface area contributed by atoms with E-state index in [1.807, 2.05) is 86.6 Å². The molecule has 0 unspecified atom stereocenters. The molecule has 4 nitrogen and oxygen atoms in total. The average molecular weight is 498 g/mol. The Kier molecular flexibility index (Phi) is 12.2. The molecule has 0 aliphatic carbocycles. The van der Waals surface area contributed by atoms with Gasteiger partial charge in [0.05, 0.1) is 6.61 Å². The molecule has 1 N–H and O–H groups in total. The Morgan fingerprint density at radius 2 is 1.38 bits per heavy atom. The van der Waals surface area contributed by atoms with Gasteiger partial charge < -0.3 is 14.8 Å². The summed E-state index contributed by atoms with van der Waals surface area (Å²) in [6, 6.07) is 27.8. The second-order valence-corrected chi connectivity index (χ2v) is 7.98. The summed E-state index contributed by atoms with van der Waals surface area (Å²) in [4.78, 5) is 12.3. The second kappa shape index (κ2) is 15.2. The fourth-order valence-electron chi connectivity index (χ4n) is 3.05. The molecule has 0 aliphatic rings.